The molecule has 0 radical (unpaired) electrons. The fraction of sp³-hybridized carbons (Fsp3) is 0.231. The number of nitrogens with one attached hydrogen (secondary N) is 1. The van der Waals surface area contributed by atoms with Gasteiger partial charge in [0.25, 0.3) is 0 Å². The van der Waals surface area contributed by atoms with Gasteiger partial charge < -0.3 is 5.32 Å². The number of anilines is 2. The molecule has 0 saturated carbocycles. The Morgan fingerprint density at radius 1 is 1.18 bits per heavy atom. The minimum Gasteiger partial charge on any atom is -0.340 e. The molecule has 0 aliphatic heterocycles. The number of hydrogen-bond acceptors (Lipinski definition) is 3. The molecule has 3 nitrogen and oxygen atoms in total. The molecule has 0 saturated heterocycles. The second kappa shape index (κ2) is 5.15. The lowest BCUT2D eigenvalue weighted by atomic mass is 10.1. The summed E-state index contributed by atoms with van der Waals surface area (Å²) in [5.74, 6) is 1.37. The van der Waals surface area contributed by atoms with Gasteiger partial charge in [-0.05, 0) is 31.0 Å². The number of aryl methyl sites for hydroxylation is 2. The quantitative estimate of drug-likeness (QED) is 0.840. The Balaban J connectivity index is 2.19. The molecule has 2 aromatic rings. The Morgan fingerprint density at radius 2 is 1.88 bits per heavy atom. The highest BCUT2D eigenvalue weighted by Crippen LogP contribution is 2.18. The van der Waals surface area contributed by atoms with Crippen molar-refractivity contribution in [3.05, 3.63) is 46.9 Å². The van der Waals surface area contributed by atoms with Crippen LogP contribution in [0.5, 0.6) is 0 Å². The molecule has 0 fully saturated rings. The molecule has 2 rings (SSSR count). The SMILES string of the molecule is CCc1ccc(Nc2cc(Cl)nc(C)n2)cc1. The number of halogens is 1. The van der Waals surface area contributed by atoms with Crippen LogP contribution in [0.4, 0.5) is 11.5 Å². The number of nitrogens with zero attached hydrogens (tertiary/aromatic N) is 2. The first-order valence-corrected chi connectivity index (χ1v) is 5.92. The van der Waals surface area contributed by atoms with E-state index in [1.54, 1.807) is 6.07 Å². The van der Waals surface area contributed by atoms with E-state index in [0.717, 1.165) is 12.1 Å². The normalized spacial score (nSPS) is 10.3. The Bertz CT molecular complexity index is 488. The standard InChI is InChI=1S/C13H14ClN3/c1-3-10-4-6-11(7-5-10)17-13-8-12(14)15-9(2)16-13/h4-8H,3H2,1-2H3,(H,15,16,17). The summed E-state index contributed by atoms with van der Waals surface area (Å²) in [6.07, 6.45) is 1.04. The predicted octanol–water partition coefficient (Wildman–Crippen LogP) is 3.74. The van der Waals surface area contributed by atoms with Crippen LogP contribution < -0.4 is 5.32 Å². The van der Waals surface area contributed by atoms with Gasteiger partial charge in [0.15, 0.2) is 0 Å². The van der Waals surface area contributed by atoms with Crippen LogP contribution >= 0.6 is 11.6 Å². The van der Waals surface area contributed by atoms with E-state index in [9.17, 15) is 0 Å². The zero-order valence-electron chi connectivity index (χ0n) is 9.87. The first kappa shape index (κ1) is 11.9. The van der Waals surface area contributed by atoms with Gasteiger partial charge in [-0.25, -0.2) is 9.97 Å². The Labute approximate surface area is 106 Å². The minimum atomic E-state index is 0.449. The van der Waals surface area contributed by atoms with Gasteiger partial charge >= 0.3 is 0 Å². The van der Waals surface area contributed by atoms with E-state index in [2.05, 4.69) is 34.3 Å². The monoisotopic (exact) mass is 247 g/mol. The molecular formula is C13H14ClN3. The van der Waals surface area contributed by atoms with Crippen LogP contribution in [0.3, 0.4) is 0 Å². The molecule has 4 heteroatoms. The molecule has 1 heterocycles. The van der Waals surface area contributed by atoms with Crippen molar-refractivity contribution in [2.75, 3.05) is 5.32 Å². The molecule has 1 aromatic heterocycles. The van der Waals surface area contributed by atoms with Crippen molar-refractivity contribution in [2.45, 2.75) is 20.3 Å². The summed E-state index contributed by atoms with van der Waals surface area (Å²) >= 11 is 5.87. The second-order valence-corrected chi connectivity index (χ2v) is 4.19. The summed E-state index contributed by atoms with van der Waals surface area (Å²) < 4.78 is 0. The first-order valence-electron chi connectivity index (χ1n) is 5.54. The Kier molecular flexibility index (Phi) is 3.59. The van der Waals surface area contributed by atoms with Gasteiger partial charge in [0.05, 0.1) is 0 Å². The lowest BCUT2D eigenvalue weighted by Gasteiger charge is -2.07. The average molecular weight is 248 g/mol. The molecule has 0 amide bonds. The maximum absolute atomic E-state index is 5.87. The maximum Gasteiger partial charge on any atom is 0.135 e. The minimum absolute atomic E-state index is 0.449. The van der Waals surface area contributed by atoms with Crippen molar-refractivity contribution < 1.29 is 0 Å². The molecule has 1 N–H and O–H groups in total. The van der Waals surface area contributed by atoms with Crippen LogP contribution in [0, 0.1) is 6.92 Å². The lowest BCUT2D eigenvalue weighted by Crippen LogP contribution is -1.97. The van der Waals surface area contributed by atoms with E-state index in [1.165, 1.54) is 5.56 Å². The summed E-state index contributed by atoms with van der Waals surface area (Å²) in [6, 6.07) is 9.96. The van der Waals surface area contributed by atoms with Gasteiger partial charge in [0.1, 0.15) is 16.8 Å². The van der Waals surface area contributed by atoms with Gasteiger partial charge in [-0.15, -0.1) is 0 Å². The highest BCUT2D eigenvalue weighted by Gasteiger charge is 2.00. The summed E-state index contributed by atoms with van der Waals surface area (Å²) in [5, 5.41) is 3.65. The first-order chi connectivity index (χ1) is 8.17. The van der Waals surface area contributed by atoms with E-state index in [1.807, 2.05) is 19.1 Å². The van der Waals surface area contributed by atoms with E-state index < -0.39 is 0 Å². The molecule has 17 heavy (non-hydrogen) atoms. The van der Waals surface area contributed by atoms with Crippen molar-refractivity contribution in [2.24, 2.45) is 0 Å². The van der Waals surface area contributed by atoms with Crippen LogP contribution in [-0.2, 0) is 6.42 Å². The molecular weight excluding hydrogens is 234 g/mol. The fourth-order valence-corrected chi connectivity index (χ4v) is 1.79. The topological polar surface area (TPSA) is 37.8 Å². The molecule has 0 spiro atoms. The molecule has 1 aromatic carbocycles. The molecule has 0 bridgehead atoms. The molecule has 88 valence electrons. The van der Waals surface area contributed by atoms with Crippen LogP contribution in [0.25, 0.3) is 0 Å². The van der Waals surface area contributed by atoms with Gasteiger partial charge in [-0.3, -0.25) is 0 Å². The van der Waals surface area contributed by atoms with Gasteiger partial charge in [0.2, 0.25) is 0 Å². The lowest BCUT2D eigenvalue weighted by molar-refractivity contribution is 1.06. The summed E-state index contributed by atoms with van der Waals surface area (Å²) in [6.45, 7) is 3.95. The van der Waals surface area contributed by atoms with E-state index in [0.29, 0.717) is 16.8 Å². The van der Waals surface area contributed by atoms with Gasteiger partial charge in [-0.2, -0.15) is 0 Å². The second-order valence-electron chi connectivity index (χ2n) is 3.80. The summed E-state index contributed by atoms with van der Waals surface area (Å²) in [7, 11) is 0. The van der Waals surface area contributed by atoms with E-state index in [4.69, 9.17) is 11.6 Å². The Morgan fingerprint density at radius 3 is 2.47 bits per heavy atom. The van der Waals surface area contributed by atoms with Crippen molar-refractivity contribution >= 4 is 23.1 Å². The largest absolute Gasteiger partial charge is 0.340 e. The van der Waals surface area contributed by atoms with Crippen LogP contribution in [-0.4, -0.2) is 9.97 Å². The van der Waals surface area contributed by atoms with Crippen molar-refractivity contribution in [1.29, 1.82) is 0 Å². The van der Waals surface area contributed by atoms with E-state index in [-0.39, 0.29) is 0 Å². The predicted molar refractivity (Wildman–Crippen MR) is 70.9 cm³/mol. The van der Waals surface area contributed by atoms with Gasteiger partial charge in [-0.1, -0.05) is 30.7 Å². The summed E-state index contributed by atoms with van der Waals surface area (Å²) in [5.41, 5.74) is 2.31. The maximum atomic E-state index is 5.87. The highest BCUT2D eigenvalue weighted by molar-refractivity contribution is 6.29. The number of rotatable bonds is 3. The third-order valence-corrected chi connectivity index (χ3v) is 2.63. The smallest absolute Gasteiger partial charge is 0.135 e. The molecule has 0 aliphatic rings. The van der Waals surface area contributed by atoms with Crippen molar-refractivity contribution in [3.8, 4) is 0 Å². The van der Waals surface area contributed by atoms with Gasteiger partial charge in [0, 0.05) is 11.8 Å². The highest BCUT2D eigenvalue weighted by atomic mass is 35.5. The zero-order valence-corrected chi connectivity index (χ0v) is 10.6. The molecule has 0 atom stereocenters. The third-order valence-electron chi connectivity index (χ3n) is 2.44. The van der Waals surface area contributed by atoms with Crippen molar-refractivity contribution in [3.63, 3.8) is 0 Å². The summed E-state index contributed by atoms with van der Waals surface area (Å²) in [4.78, 5) is 8.28. The number of aromatic nitrogens is 2. The number of benzene rings is 1. The molecule has 0 aliphatic carbocycles. The van der Waals surface area contributed by atoms with Crippen LogP contribution in [0.1, 0.15) is 18.3 Å². The number of hydrogen-bond donors (Lipinski definition) is 1. The van der Waals surface area contributed by atoms with Crippen molar-refractivity contribution in [1.82, 2.24) is 9.97 Å². The average Bonchev–Trinajstić information content (AvgIpc) is 2.28. The fourth-order valence-electron chi connectivity index (χ4n) is 1.57. The Hall–Kier alpha value is -1.61. The molecule has 0 unspecified atom stereocenters. The van der Waals surface area contributed by atoms with Crippen LogP contribution in [0.15, 0.2) is 30.3 Å². The third kappa shape index (κ3) is 3.17. The zero-order chi connectivity index (χ0) is 12.3. The van der Waals surface area contributed by atoms with Crippen LogP contribution in [0.2, 0.25) is 5.15 Å². The van der Waals surface area contributed by atoms with E-state index >= 15 is 0 Å².